The van der Waals surface area contributed by atoms with Gasteiger partial charge in [0.1, 0.15) is 17.1 Å². The van der Waals surface area contributed by atoms with Gasteiger partial charge >= 0.3 is 0 Å². The molecule has 5 aromatic carbocycles. The highest BCUT2D eigenvalue weighted by Crippen LogP contribution is 2.37. The first-order chi connectivity index (χ1) is 55.5. The molecule has 0 saturated carbocycles. The van der Waals surface area contributed by atoms with E-state index in [2.05, 4.69) is 112 Å². The molecule has 6 aliphatic heterocycles. The number of thiophene rings is 2. The molecule has 6 aliphatic rings. The van der Waals surface area contributed by atoms with Crippen molar-refractivity contribution in [3.05, 3.63) is 316 Å². The van der Waals surface area contributed by atoms with Gasteiger partial charge in [0, 0.05) is 116 Å². The number of amides is 3. The Morgan fingerprint density at radius 2 is 0.678 bits per heavy atom. The lowest BCUT2D eigenvalue weighted by atomic mass is 10.1. The van der Waals surface area contributed by atoms with Crippen LogP contribution in [0.1, 0.15) is 88.2 Å². The molecular weight excluding hydrogens is 1480 g/mol. The summed E-state index contributed by atoms with van der Waals surface area (Å²) in [5.74, 6) is 1.59. The molecule has 0 bridgehead atoms. The molecule has 0 saturated heterocycles. The van der Waals surface area contributed by atoms with Crippen LogP contribution in [0.15, 0.2) is 250 Å². The molecule has 12 aromatic heterocycles. The van der Waals surface area contributed by atoms with Crippen molar-refractivity contribution >= 4 is 112 Å². The van der Waals surface area contributed by atoms with Gasteiger partial charge in [0.2, 0.25) is 0 Å². The van der Waals surface area contributed by atoms with Gasteiger partial charge in [0.05, 0.1) is 141 Å². The lowest BCUT2D eigenvalue weighted by Crippen LogP contribution is -2.25. The number of fused-ring (bicyclic) bond motifs is 26. The van der Waals surface area contributed by atoms with Crippen LogP contribution in [0.25, 0.3) is 106 Å². The molecule has 3 amide bonds. The molecule has 0 radical (unpaired) electrons. The molecule has 570 valence electrons. The van der Waals surface area contributed by atoms with Gasteiger partial charge in [0.15, 0.2) is 11.6 Å². The summed E-state index contributed by atoms with van der Waals surface area (Å²) in [6, 6.07) is 61.5. The van der Waals surface area contributed by atoms with E-state index in [-0.39, 0.29) is 25.1 Å². The molecule has 0 spiro atoms. The fourth-order valence-corrected chi connectivity index (χ4v) is 16.8. The second kappa shape index (κ2) is 30.1. The summed E-state index contributed by atoms with van der Waals surface area (Å²) >= 11 is 3.43. The Bertz CT molecular complexity index is 6720. The fourth-order valence-electron chi connectivity index (χ4n) is 15.0. The first kappa shape index (κ1) is 73.5. The minimum Gasteiger partial charge on any atom is -0.369 e. The van der Waals surface area contributed by atoms with Crippen LogP contribution < -0.4 is 0 Å². The van der Waals surface area contributed by atoms with E-state index in [1.165, 1.54) is 15.4 Å². The highest BCUT2D eigenvalue weighted by Gasteiger charge is 2.33. The first-order valence-corrected chi connectivity index (χ1v) is 38.6. The van der Waals surface area contributed by atoms with Crippen molar-refractivity contribution in [3.8, 4) is 34.4 Å². The van der Waals surface area contributed by atoms with Crippen molar-refractivity contribution < 1.29 is 14.4 Å². The number of carbonyl (C=O) groups is 3. The van der Waals surface area contributed by atoms with Gasteiger partial charge in [-0.2, -0.15) is 30.6 Å². The summed E-state index contributed by atoms with van der Waals surface area (Å²) in [7, 11) is 11.6. The molecule has 0 unspecified atom stereocenters. The summed E-state index contributed by atoms with van der Waals surface area (Å²) in [6.45, 7) is 16.5. The van der Waals surface area contributed by atoms with Gasteiger partial charge in [-0.25, -0.2) is 38.1 Å². The van der Waals surface area contributed by atoms with Crippen molar-refractivity contribution in [3.63, 3.8) is 0 Å². The third kappa shape index (κ3) is 13.2. The van der Waals surface area contributed by atoms with E-state index < -0.39 is 0 Å². The number of aromatic nitrogens is 16. The quantitative estimate of drug-likeness (QED) is 0.137. The van der Waals surface area contributed by atoms with Crippen LogP contribution in [0.5, 0.6) is 0 Å². The summed E-state index contributed by atoms with van der Waals surface area (Å²) in [6.07, 6.45) is 8.95. The molecule has 18 heterocycles. The number of hydrogen-bond donors (Lipinski definition) is 0. The van der Waals surface area contributed by atoms with Gasteiger partial charge < -0.3 is 29.4 Å². The summed E-state index contributed by atoms with van der Waals surface area (Å²) in [5.41, 5.74) is 20.4. The van der Waals surface area contributed by atoms with E-state index in [0.717, 1.165) is 160 Å². The second-order valence-electron chi connectivity index (χ2n) is 28.3. The van der Waals surface area contributed by atoms with E-state index in [1.54, 1.807) is 77.1 Å². The van der Waals surface area contributed by atoms with Gasteiger partial charge in [-0.05, 0) is 108 Å². The molecule has 25 nitrogen and oxygen atoms in total. The minimum absolute atomic E-state index is 0. The third-order valence-corrected chi connectivity index (χ3v) is 22.8. The second-order valence-corrected chi connectivity index (χ2v) is 30.3. The minimum atomic E-state index is -0.0363. The number of nitrogens with zero attached hydrogens (tertiary/aromatic N) is 22. The monoisotopic (exact) mass is 1550 g/mol. The number of hydrogen-bond acceptors (Lipinski definition) is 18. The molecule has 115 heavy (non-hydrogen) atoms. The number of para-hydroxylation sites is 2. The third-order valence-electron chi connectivity index (χ3n) is 21.0. The maximum Gasteiger partial charge on any atom is 0.273 e. The van der Waals surface area contributed by atoms with Crippen molar-refractivity contribution in [1.29, 1.82) is 0 Å². The number of benzene rings is 5. The van der Waals surface area contributed by atoms with Gasteiger partial charge in [-0.15, -0.1) is 22.7 Å². The zero-order valence-corrected chi connectivity index (χ0v) is 64.8. The van der Waals surface area contributed by atoms with Crippen molar-refractivity contribution in [2.45, 2.75) is 46.7 Å². The van der Waals surface area contributed by atoms with Crippen molar-refractivity contribution in [1.82, 2.24) is 108 Å². The van der Waals surface area contributed by atoms with E-state index in [1.807, 2.05) is 224 Å². The summed E-state index contributed by atoms with van der Waals surface area (Å²) in [4.78, 5) is 70.5. The fraction of sp³-hybridized carbons (Fsp3) is 0.148. The summed E-state index contributed by atoms with van der Waals surface area (Å²) in [5, 5.41) is 35.9. The number of rotatable bonds is 0. The Morgan fingerprint density at radius 3 is 1.19 bits per heavy atom. The molecule has 17 aromatic rings. The highest BCUT2D eigenvalue weighted by atomic mass is 32.1. The largest absolute Gasteiger partial charge is 0.369 e. The molecule has 27 heteroatoms. The molecule has 0 aliphatic carbocycles. The van der Waals surface area contributed by atoms with Crippen LogP contribution in [0.2, 0.25) is 0 Å². The SMILES string of the molecule is C.C=C1c2ccnn2-c2cccnc2CN1C.C=C1c2ccnn2-c2ccsc2CN1C.C=C1c2ccnn2-c2nc3ccccc3cc2CN1C.CN1Cc2cc3ccccc3nc2-n2nc3ccccc3c2C1=O.CN1Cc2ncccc2-n2nc3ccccc3c2C1=O.CN1Cc2sccc2-n2nc3ccccc3c2C1=O. The van der Waals surface area contributed by atoms with Crippen LogP contribution in [0.3, 0.4) is 0 Å². The molecule has 0 atom stereocenters. The zero-order chi connectivity index (χ0) is 78.2. The van der Waals surface area contributed by atoms with Crippen molar-refractivity contribution in [2.75, 3.05) is 42.3 Å². The molecular formula is C88H78N22O3S2. The smallest absolute Gasteiger partial charge is 0.273 e. The van der Waals surface area contributed by atoms with Crippen LogP contribution in [-0.4, -0.2) is 168 Å². The van der Waals surface area contributed by atoms with Gasteiger partial charge in [0.25, 0.3) is 17.7 Å². The lowest BCUT2D eigenvalue weighted by Gasteiger charge is -2.18. The van der Waals surface area contributed by atoms with E-state index >= 15 is 0 Å². The maximum atomic E-state index is 12.9. The van der Waals surface area contributed by atoms with Crippen molar-refractivity contribution in [2.24, 2.45) is 0 Å². The highest BCUT2D eigenvalue weighted by molar-refractivity contribution is 7.10. The van der Waals surface area contributed by atoms with E-state index in [9.17, 15) is 14.4 Å². The maximum absolute atomic E-state index is 12.9. The predicted molar refractivity (Wildman–Crippen MR) is 451 cm³/mol. The predicted octanol–water partition coefficient (Wildman–Crippen LogP) is 15.3. The average molecular weight is 1560 g/mol. The molecule has 0 N–H and O–H groups in total. The van der Waals surface area contributed by atoms with Crippen LogP contribution >= 0.6 is 22.7 Å². The normalized spacial score (nSPS) is 14.1. The van der Waals surface area contributed by atoms with E-state index in [0.29, 0.717) is 36.7 Å². The Labute approximate surface area is 669 Å². The lowest BCUT2D eigenvalue weighted by molar-refractivity contribution is 0.0775. The first-order valence-electron chi connectivity index (χ1n) is 36.8. The average Bonchev–Trinajstić information content (AvgIpc) is 1.62. The van der Waals surface area contributed by atoms with Crippen LogP contribution in [0, 0.1) is 0 Å². The topological polar surface area (TPSA) is 229 Å². The summed E-state index contributed by atoms with van der Waals surface area (Å²) < 4.78 is 11.0. The molecule has 23 rings (SSSR count). The Hall–Kier alpha value is -14.3. The van der Waals surface area contributed by atoms with Crippen LogP contribution in [-0.2, 0) is 39.3 Å². The number of pyridine rings is 4. The number of carbonyl (C=O) groups excluding carboxylic acids is 3. The molecule has 0 fully saturated rings. The van der Waals surface area contributed by atoms with Gasteiger partial charge in [-0.1, -0.05) is 118 Å². The standard InChI is InChI=1S/C19H14N4O.C16H14N4.C15H12N4O.C14H11N3OS.C12H12N4.C11H11N3S.CH4/c1-22-11-13-10-12-6-2-4-8-15(12)20-18(13)23-17(19(22)24)14-7-3-5-9-16(14)21-23;1-11-15-7-8-17-20(15)16-13(10-19(11)2)9-12-5-3-4-6-14(12)18-16;1-18-9-12-13(7-4-8-16-12)19-14(15(18)20)10-5-2-3-6-11(10)17-19;1-16-8-12-11(6-7-19-12)17-13(14(16)18)9-4-2-3-5-10(9)15-17;1-9-11-5-7-14-16(11)12-4-3-6-13-10(12)8-15(9)2;1-8-9-3-5-12-14(9)10-4-6-15-11(10)7-13(8)2;/h2-10H,11H2,1H3;3-9H,1,10H2,2H3;2-8H,9H2,1H3;2-7H,8H2,1H3;3-7H,1,8H2,2H3;3-6H,1,7H2,2H3;1H4. The Morgan fingerprint density at radius 1 is 0.330 bits per heavy atom. The van der Waals surface area contributed by atoms with Gasteiger partial charge in [-0.3, -0.25) is 24.4 Å². The van der Waals surface area contributed by atoms with Crippen LogP contribution in [0.4, 0.5) is 0 Å². The Balaban J connectivity index is 0.0000000999. The Kier molecular flexibility index (Phi) is 19.2. The zero-order valence-electron chi connectivity index (χ0n) is 63.2. The van der Waals surface area contributed by atoms with E-state index in [4.69, 9.17) is 9.97 Å².